The van der Waals surface area contributed by atoms with Gasteiger partial charge in [-0.05, 0) is 12.8 Å². The highest BCUT2D eigenvalue weighted by Gasteiger charge is 2.31. The molecule has 1 aliphatic rings. The maximum Gasteiger partial charge on any atom is 0.260 e. The Hall–Kier alpha value is -2.00. The van der Waals surface area contributed by atoms with Gasteiger partial charge in [0.1, 0.15) is 12.4 Å². The summed E-state index contributed by atoms with van der Waals surface area (Å²) in [4.78, 5) is 14.2. The molecule has 1 saturated heterocycles. The lowest BCUT2D eigenvalue weighted by molar-refractivity contribution is 0.129. The van der Waals surface area contributed by atoms with Crippen molar-refractivity contribution < 1.29 is 13.2 Å². The van der Waals surface area contributed by atoms with Crippen LogP contribution in [0.25, 0.3) is 0 Å². The third-order valence-electron chi connectivity index (χ3n) is 3.33. The number of nitrogens with zero attached hydrogens (tertiary/aromatic N) is 4. The highest BCUT2D eigenvalue weighted by atomic mass is 32.2. The molecule has 2 aromatic rings. The number of hydrogen-bond donors (Lipinski definition) is 1. The maximum absolute atomic E-state index is 12.3. The minimum absolute atomic E-state index is 0.0342. The zero-order valence-electron chi connectivity index (χ0n) is 11.2. The molecule has 3 heterocycles. The van der Waals surface area contributed by atoms with Crippen molar-refractivity contribution in [3.63, 3.8) is 0 Å². The molecular weight excluding hydrogens is 294 g/mol. The summed E-state index contributed by atoms with van der Waals surface area (Å²) >= 11 is 0. The number of sulfonamides is 1. The number of hydrogen-bond acceptors (Lipinski definition) is 6. The summed E-state index contributed by atoms with van der Waals surface area (Å²) in [6.07, 6.45) is 6.92. The van der Waals surface area contributed by atoms with Crippen LogP contribution >= 0.6 is 0 Å². The van der Waals surface area contributed by atoms with Gasteiger partial charge in [0, 0.05) is 25.4 Å². The first-order valence-electron chi connectivity index (χ1n) is 6.57. The van der Waals surface area contributed by atoms with E-state index in [4.69, 9.17) is 4.74 Å². The number of aromatic amines is 1. The highest BCUT2D eigenvalue weighted by molar-refractivity contribution is 7.89. The van der Waals surface area contributed by atoms with Crippen molar-refractivity contribution in [3.8, 4) is 5.88 Å². The van der Waals surface area contributed by atoms with Gasteiger partial charge in [-0.3, -0.25) is 0 Å². The highest BCUT2D eigenvalue weighted by Crippen LogP contribution is 2.21. The van der Waals surface area contributed by atoms with Gasteiger partial charge in [0.15, 0.2) is 5.03 Å². The van der Waals surface area contributed by atoms with E-state index in [1.165, 1.54) is 23.2 Å². The standard InChI is InChI=1S/C12H15N5O3S/c18-21(19,12-7-14-9-16-12)17-5-2-10(3-6-17)20-11-1-4-13-8-15-11/h1,4,7-10H,2-3,5-6H2,(H,14,16). The average Bonchev–Trinajstić information content (AvgIpc) is 3.04. The second kappa shape index (κ2) is 5.78. The van der Waals surface area contributed by atoms with Crippen LogP contribution in [0, 0.1) is 0 Å². The molecule has 0 radical (unpaired) electrons. The van der Waals surface area contributed by atoms with Crippen LogP contribution in [0.15, 0.2) is 36.1 Å². The Kier molecular flexibility index (Phi) is 3.84. The number of piperidine rings is 1. The van der Waals surface area contributed by atoms with Crippen LogP contribution < -0.4 is 4.74 Å². The fraction of sp³-hybridized carbons (Fsp3) is 0.417. The average molecular weight is 309 g/mol. The molecule has 0 saturated carbocycles. The van der Waals surface area contributed by atoms with Crippen molar-refractivity contribution >= 4 is 10.0 Å². The third kappa shape index (κ3) is 3.03. The van der Waals surface area contributed by atoms with Crippen molar-refractivity contribution in [3.05, 3.63) is 31.1 Å². The summed E-state index contributed by atoms with van der Waals surface area (Å²) in [6.45, 7) is 0.828. The zero-order chi connectivity index (χ0) is 14.7. The molecule has 9 heteroatoms. The Bertz CT molecular complexity index is 666. The van der Waals surface area contributed by atoms with Crippen molar-refractivity contribution in [1.82, 2.24) is 24.2 Å². The number of H-pyrrole nitrogens is 1. The van der Waals surface area contributed by atoms with E-state index in [1.807, 2.05) is 0 Å². The quantitative estimate of drug-likeness (QED) is 0.879. The molecule has 0 amide bonds. The molecular formula is C12H15N5O3S. The first-order chi connectivity index (χ1) is 10.2. The summed E-state index contributed by atoms with van der Waals surface area (Å²) in [7, 11) is -3.48. The van der Waals surface area contributed by atoms with Crippen molar-refractivity contribution in [1.29, 1.82) is 0 Å². The molecule has 112 valence electrons. The van der Waals surface area contributed by atoms with Crippen molar-refractivity contribution in [2.75, 3.05) is 13.1 Å². The topological polar surface area (TPSA) is 101 Å². The van der Waals surface area contributed by atoms with Gasteiger partial charge < -0.3 is 9.72 Å². The smallest absolute Gasteiger partial charge is 0.260 e. The van der Waals surface area contributed by atoms with Gasteiger partial charge in [0.05, 0.1) is 12.5 Å². The first kappa shape index (κ1) is 14.0. The minimum atomic E-state index is -3.48. The van der Waals surface area contributed by atoms with Crippen LogP contribution in [0.3, 0.4) is 0 Å². The number of ether oxygens (including phenoxy) is 1. The van der Waals surface area contributed by atoms with E-state index in [9.17, 15) is 8.42 Å². The molecule has 1 N–H and O–H groups in total. The van der Waals surface area contributed by atoms with Gasteiger partial charge in [-0.2, -0.15) is 4.31 Å². The number of aromatic nitrogens is 4. The Balaban J connectivity index is 1.61. The third-order valence-corrected chi connectivity index (χ3v) is 5.16. The van der Waals surface area contributed by atoms with Crippen LogP contribution in [0.4, 0.5) is 0 Å². The summed E-state index contributed by atoms with van der Waals surface area (Å²) in [5.74, 6) is 0.514. The zero-order valence-corrected chi connectivity index (χ0v) is 12.0. The Labute approximate surface area is 122 Å². The van der Waals surface area contributed by atoms with Gasteiger partial charge in [0.25, 0.3) is 10.0 Å². The lowest BCUT2D eigenvalue weighted by atomic mass is 10.1. The van der Waals surface area contributed by atoms with Gasteiger partial charge in [-0.15, -0.1) is 0 Å². The SMILES string of the molecule is O=S(=O)(c1cnc[nH]1)N1CCC(Oc2ccncn2)CC1. The summed E-state index contributed by atoms with van der Waals surface area (Å²) in [5, 5.41) is 0.123. The van der Waals surface area contributed by atoms with Crippen LogP contribution in [0.5, 0.6) is 5.88 Å². The van der Waals surface area contributed by atoms with Gasteiger partial charge in [0.2, 0.25) is 5.88 Å². The van der Waals surface area contributed by atoms with Crippen LogP contribution in [0.2, 0.25) is 0 Å². The Morgan fingerprint density at radius 3 is 2.71 bits per heavy atom. The van der Waals surface area contributed by atoms with E-state index >= 15 is 0 Å². The lowest BCUT2D eigenvalue weighted by Gasteiger charge is -2.30. The number of rotatable bonds is 4. The molecule has 1 aliphatic heterocycles. The van der Waals surface area contributed by atoms with Crippen LogP contribution in [-0.2, 0) is 10.0 Å². The maximum atomic E-state index is 12.3. The van der Waals surface area contributed by atoms with Gasteiger partial charge in [-0.25, -0.2) is 23.4 Å². The molecule has 0 aliphatic carbocycles. The Morgan fingerprint density at radius 1 is 1.29 bits per heavy atom. The molecule has 0 bridgehead atoms. The lowest BCUT2D eigenvalue weighted by Crippen LogP contribution is -2.41. The number of nitrogens with one attached hydrogen (secondary N) is 1. The van der Waals surface area contributed by atoms with E-state index in [-0.39, 0.29) is 11.1 Å². The van der Waals surface area contributed by atoms with Crippen molar-refractivity contribution in [2.24, 2.45) is 0 Å². The monoisotopic (exact) mass is 309 g/mol. The predicted octanol–water partition coefficient (Wildman–Crippen LogP) is 0.432. The largest absolute Gasteiger partial charge is 0.474 e. The van der Waals surface area contributed by atoms with Crippen LogP contribution in [-0.4, -0.2) is 51.9 Å². The normalized spacial score (nSPS) is 17.7. The van der Waals surface area contributed by atoms with E-state index in [2.05, 4.69) is 19.9 Å². The van der Waals surface area contributed by atoms with E-state index < -0.39 is 10.0 Å². The fourth-order valence-corrected chi connectivity index (χ4v) is 3.60. The fourth-order valence-electron chi connectivity index (χ4n) is 2.23. The van der Waals surface area contributed by atoms with Gasteiger partial charge >= 0.3 is 0 Å². The molecule has 21 heavy (non-hydrogen) atoms. The second-order valence-electron chi connectivity index (χ2n) is 4.68. The summed E-state index contributed by atoms with van der Waals surface area (Å²) in [5.41, 5.74) is 0. The first-order valence-corrected chi connectivity index (χ1v) is 8.01. The molecule has 3 rings (SSSR count). The van der Waals surface area contributed by atoms with Crippen molar-refractivity contribution in [2.45, 2.75) is 24.0 Å². The predicted molar refractivity (Wildman–Crippen MR) is 73.0 cm³/mol. The molecule has 1 fully saturated rings. The molecule has 0 unspecified atom stereocenters. The second-order valence-corrected chi connectivity index (χ2v) is 6.59. The summed E-state index contributed by atoms with van der Waals surface area (Å²) < 4.78 is 31.8. The van der Waals surface area contributed by atoms with E-state index in [0.29, 0.717) is 31.8 Å². The van der Waals surface area contributed by atoms with Crippen LogP contribution in [0.1, 0.15) is 12.8 Å². The molecule has 0 atom stereocenters. The minimum Gasteiger partial charge on any atom is -0.474 e. The number of imidazole rings is 1. The molecule has 8 nitrogen and oxygen atoms in total. The molecule has 0 spiro atoms. The van der Waals surface area contributed by atoms with E-state index in [1.54, 1.807) is 12.3 Å². The van der Waals surface area contributed by atoms with Gasteiger partial charge in [-0.1, -0.05) is 0 Å². The molecule has 0 aromatic carbocycles. The molecule has 2 aromatic heterocycles. The Morgan fingerprint density at radius 2 is 2.10 bits per heavy atom. The summed E-state index contributed by atoms with van der Waals surface area (Å²) in [6, 6.07) is 1.69. The van der Waals surface area contributed by atoms with E-state index in [0.717, 1.165) is 0 Å².